The normalized spacial score (nSPS) is 19.0. The third-order valence-corrected chi connectivity index (χ3v) is 8.16. The number of cyclic esters (lactones) is 1. The van der Waals surface area contributed by atoms with E-state index in [0.29, 0.717) is 34.6 Å². The van der Waals surface area contributed by atoms with Gasteiger partial charge in [-0.15, -0.1) is 11.3 Å². The number of thiophene rings is 1. The van der Waals surface area contributed by atoms with Gasteiger partial charge >= 0.3 is 18.2 Å². The summed E-state index contributed by atoms with van der Waals surface area (Å²) in [6, 6.07) is 7.19. The van der Waals surface area contributed by atoms with Crippen molar-refractivity contribution in [3.8, 4) is 5.75 Å². The number of imide groups is 1. The summed E-state index contributed by atoms with van der Waals surface area (Å²) in [6.45, 7) is 3.86. The van der Waals surface area contributed by atoms with Crippen molar-refractivity contribution >= 4 is 70.2 Å². The fraction of sp³-hybridized carbons (Fsp3) is 0.448. The molecule has 0 saturated carbocycles. The minimum absolute atomic E-state index is 0.0315. The molecule has 0 radical (unpaired) electrons. The SMILES string of the molecule is CC(C)(C)OC(=O)NCC(=O)OCC(=O)N(C[C@@H]1OC(=O)N2c3ccc(N4CCOCC4=O)cc3OC[C@@H]12)C(=O)c1ccc(Cl)s1. The van der Waals surface area contributed by atoms with Crippen LogP contribution in [-0.4, -0.2) is 105 Å². The summed E-state index contributed by atoms with van der Waals surface area (Å²) in [4.78, 5) is 80.1. The number of hydrogen-bond donors (Lipinski definition) is 1. The third-order valence-electron chi connectivity index (χ3n) is 6.95. The molecule has 2 saturated heterocycles. The van der Waals surface area contributed by atoms with Gasteiger partial charge in [-0.1, -0.05) is 11.6 Å². The van der Waals surface area contributed by atoms with Crippen molar-refractivity contribution < 1.29 is 52.5 Å². The molecule has 2 aromatic rings. The second-order valence-corrected chi connectivity index (χ2v) is 13.1. The van der Waals surface area contributed by atoms with E-state index in [4.69, 9.17) is 35.3 Å². The number of amides is 5. The number of rotatable bonds is 8. The summed E-state index contributed by atoms with van der Waals surface area (Å²) in [5.74, 6) is -2.43. The molecule has 3 aliphatic heterocycles. The Hall–Kier alpha value is -4.41. The number of carbonyl (C=O) groups excluding carboxylic acids is 6. The van der Waals surface area contributed by atoms with Crippen LogP contribution >= 0.6 is 22.9 Å². The van der Waals surface area contributed by atoms with E-state index in [1.165, 1.54) is 17.0 Å². The molecule has 1 aromatic heterocycles. The molecule has 3 aliphatic rings. The topological polar surface area (TPSA) is 170 Å². The first-order valence-corrected chi connectivity index (χ1v) is 15.4. The van der Waals surface area contributed by atoms with Crippen molar-refractivity contribution in [2.24, 2.45) is 0 Å². The molecule has 0 unspecified atom stereocenters. The Balaban J connectivity index is 1.28. The number of fused-ring (bicyclic) bond motifs is 3. The molecule has 4 heterocycles. The number of carbonyl (C=O) groups is 6. The van der Waals surface area contributed by atoms with E-state index >= 15 is 0 Å². The molecule has 1 N–H and O–H groups in total. The highest BCUT2D eigenvalue weighted by Crippen LogP contribution is 2.41. The first kappa shape index (κ1) is 33.0. The van der Waals surface area contributed by atoms with E-state index < -0.39 is 60.9 Å². The maximum atomic E-state index is 13.5. The Kier molecular flexibility index (Phi) is 9.69. The summed E-state index contributed by atoms with van der Waals surface area (Å²) in [7, 11) is 0. The molecule has 0 spiro atoms. The molecule has 5 amide bonds. The lowest BCUT2D eigenvalue weighted by atomic mass is 10.1. The molecule has 5 rings (SSSR count). The van der Waals surface area contributed by atoms with Crippen LogP contribution in [0.4, 0.5) is 21.0 Å². The maximum Gasteiger partial charge on any atom is 0.415 e. The molecule has 15 nitrogen and oxygen atoms in total. The van der Waals surface area contributed by atoms with Gasteiger partial charge in [0, 0.05) is 18.3 Å². The lowest BCUT2D eigenvalue weighted by molar-refractivity contribution is -0.150. The number of anilines is 2. The van der Waals surface area contributed by atoms with E-state index in [0.717, 1.165) is 16.2 Å². The van der Waals surface area contributed by atoms with Crippen LogP contribution in [-0.2, 0) is 33.3 Å². The molecule has 246 valence electrons. The summed E-state index contributed by atoms with van der Waals surface area (Å²) in [5.41, 5.74) is 0.197. The van der Waals surface area contributed by atoms with E-state index in [1.54, 1.807) is 43.9 Å². The molecular formula is C29H31ClN4O11S. The van der Waals surface area contributed by atoms with Gasteiger partial charge in [0.2, 0.25) is 0 Å². The quantitative estimate of drug-likeness (QED) is 0.322. The van der Waals surface area contributed by atoms with Crippen LogP contribution in [0.15, 0.2) is 30.3 Å². The van der Waals surface area contributed by atoms with Crippen molar-refractivity contribution in [2.45, 2.75) is 38.5 Å². The first-order chi connectivity index (χ1) is 21.8. The Morgan fingerprint density at radius 2 is 1.93 bits per heavy atom. The number of halogens is 1. The molecule has 17 heteroatoms. The predicted molar refractivity (Wildman–Crippen MR) is 162 cm³/mol. The van der Waals surface area contributed by atoms with Crippen LogP contribution in [0.25, 0.3) is 0 Å². The Labute approximate surface area is 272 Å². The molecule has 0 bridgehead atoms. The number of ether oxygens (including phenoxy) is 5. The summed E-state index contributed by atoms with van der Waals surface area (Å²) < 4.78 is 27.2. The highest BCUT2D eigenvalue weighted by molar-refractivity contribution is 7.18. The van der Waals surface area contributed by atoms with Crippen LogP contribution in [0.1, 0.15) is 30.4 Å². The van der Waals surface area contributed by atoms with Crippen LogP contribution < -0.4 is 19.9 Å². The first-order valence-electron chi connectivity index (χ1n) is 14.2. The number of alkyl carbamates (subject to hydrolysis) is 1. The zero-order valence-electron chi connectivity index (χ0n) is 25.1. The van der Waals surface area contributed by atoms with Crippen molar-refractivity contribution in [1.82, 2.24) is 10.2 Å². The van der Waals surface area contributed by atoms with E-state index in [1.807, 2.05) is 0 Å². The van der Waals surface area contributed by atoms with Crippen LogP contribution in [0, 0.1) is 0 Å². The zero-order chi connectivity index (χ0) is 33.2. The standard InChI is InChI=1S/C29H31ClN4O11S/c1-29(2,3)45-27(39)31-11-25(37)43-15-24(36)33(26(38)21-6-7-22(30)46-21)12-20-18-13-42-19-10-16(32-8-9-41-14-23(32)35)4-5-17(19)34(18)28(40)44-20/h4-7,10,18,20H,8-9,11-15H2,1-3H3,(H,31,39)/t18-,20-/m0/s1. The van der Waals surface area contributed by atoms with Gasteiger partial charge in [-0.05, 0) is 45.0 Å². The van der Waals surface area contributed by atoms with Gasteiger partial charge in [-0.2, -0.15) is 0 Å². The van der Waals surface area contributed by atoms with Gasteiger partial charge in [-0.25, -0.2) is 9.59 Å². The monoisotopic (exact) mass is 678 g/mol. The number of benzene rings is 1. The summed E-state index contributed by atoms with van der Waals surface area (Å²) in [5, 5.41) is 2.23. The van der Waals surface area contributed by atoms with Gasteiger partial charge in [0.25, 0.3) is 17.7 Å². The zero-order valence-corrected chi connectivity index (χ0v) is 26.7. The number of morpholine rings is 1. The highest BCUT2D eigenvalue weighted by Gasteiger charge is 2.48. The highest BCUT2D eigenvalue weighted by atomic mass is 35.5. The molecule has 1 aromatic carbocycles. The Morgan fingerprint density at radius 1 is 1.15 bits per heavy atom. The molecule has 2 atom stereocenters. The predicted octanol–water partition coefficient (Wildman–Crippen LogP) is 2.59. The summed E-state index contributed by atoms with van der Waals surface area (Å²) >= 11 is 6.96. The third kappa shape index (κ3) is 7.51. The fourth-order valence-electron chi connectivity index (χ4n) is 4.91. The smallest absolute Gasteiger partial charge is 0.415 e. The van der Waals surface area contributed by atoms with Gasteiger partial charge < -0.3 is 33.9 Å². The summed E-state index contributed by atoms with van der Waals surface area (Å²) in [6.07, 6.45) is -2.57. The van der Waals surface area contributed by atoms with Crippen molar-refractivity contribution in [3.05, 3.63) is 39.5 Å². The number of hydrogen-bond acceptors (Lipinski definition) is 12. The van der Waals surface area contributed by atoms with Gasteiger partial charge in [0.15, 0.2) is 6.61 Å². The number of nitrogens with one attached hydrogen (secondary N) is 1. The van der Waals surface area contributed by atoms with Crippen molar-refractivity contribution in [3.63, 3.8) is 0 Å². The number of esters is 1. The lowest BCUT2D eigenvalue weighted by Gasteiger charge is -2.33. The lowest BCUT2D eigenvalue weighted by Crippen LogP contribution is -2.51. The minimum Gasteiger partial charge on any atom is -0.489 e. The molecule has 2 fully saturated rings. The van der Waals surface area contributed by atoms with Crippen LogP contribution in [0.5, 0.6) is 5.75 Å². The number of nitrogens with zero attached hydrogens (tertiary/aromatic N) is 3. The molecule has 46 heavy (non-hydrogen) atoms. The maximum absolute atomic E-state index is 13.5. The molecule has 0 aliphatic carbocycles. The fourth-order valence-corrected chi connectivity index (χ4v) is 5.90. The average molecular weight is 679 g/mol. The van der Waals surface area contributed by atoms with Crippen LogP contribution in [0.3, 0.4) is 0 Å². The minimum atomic E-state index is -1.01. The molecular weight excluding hydrogens is 648 g/mol. The van der Waals surface area contributed by atoms with E-state index in [2.05, 4.69) is 5.32 Å². The van der Waals surface area contributed by atoms with Gasteiger partial charge in [0.1, 0.15) is 43.3 Å². The average Bonchev–Trinajstić information content (AvgIpc) is 3.58. The second kappa shape index (κ2) is 13.5. The van der Waals surface area contributed by atoms with E-state index in [9.17, 15) is 28.8 Å². The largest absolute Gasteiger partial charge is 0.489 e. The van der Waals surface area contributed by atoms with Gasteiger partial charge in [-0.3, -0.25) is 29.0 Å². The van der Waals surface area contributed by atoms with Crippen LogP contribution in [0.2, 0.25) is 4.34 Å². The van der Waals surface area contributed by atoms with E-state index in [-0.39, 0.29) is 30.5 Å². The van der Waals surface area contributed by atoms with Crippen molar-refractivity contribution in [2.75, 3.05) is 55.9 Å². The Morgan fingerprint density at radius 3 is 2.63 bits per heavy atom. The van der Waals surface area contributed by atoms with Gasteiger partial charge in [0.05, 0.1) is 28.1 Å². The van der Waals surface area contributed by atoms with Crippen molar-refractivity contribution in [1.29, 1.82) is 0 Å². The Bertz CT molecular complexity index is 1560. The second-order valence-electron chi connectivity index (χ2n) is 11.3.